The van der Waals surface area contributed by atoms with E-state index in [1.807, 2.05) is 42.5 Å². The molecule has 1 aromatic heterocycles. The van der Waals surface area contributed by atoms with E-state index in [1.54, 1.807) is 24.3 Å². The Bertz CT molecular complexity index is 1130. The first-order chi connectivity index (χ1) is 12.1. The molecule has 0 radical (unpaired) electrons. The lowest BCUT2D eigenvalue weighted by Crippen LogP contribution is -2.03. The molecule has 0 saturated heterocycles. The van der Waals surface area contributed by atoms with Crippen LogP contribution in [0, 0.1) is 0 Å². The van der Waals surface area contributed by atoms with Crippen LogP contribution in [-0.2, 0) is 0 Å². The number of rotatable bonds is 2. The van der Waals surface area contributed by atoms with Crippen LogP contribution in [0.25, 0.3) is 33.2 Å². The third-order valence-electron chi connectivity index (χ3n) is 4.09. The fraction of sp³-hybridized carbons (Fsp3) is 0. The largest absolute Gasteiger partial charge is 0.508 e. The lowest BCUT2D eigenvalue weighted by molar-refractivity contribution is 0.473. The van der Waals surface area contributed by atoms with E-state index >= 15 is 0 Å². The highest BCUT2D eigenvalue weighted by molar-refractivity contribution is 6.33. The normalized spacial score (nSPS) is 10.9. The summed E-state index contributed by atoms with van der Waals surface area (Å²) in [5, 5.41) is 11.2. The number of fused-ring (bicyclic) bond motifs is 1. The maximum atomic E-state index is 12.4. The molecule has 0 aliphatic rings. The van der Waals surface area contributed by atoms with Crippen molar-refractivity contribution in [3.05, 3.63) is 88.2 Å². The van der Waals surface area contributed by atoms with E-state index < -0.39 is 5.63 Å². The van der Waals surface area contributed by atoms with Crippen molar-refractivity contribution in [2.45, 2.75) is 0 Å². The summed E-state index contributed by atoms with van der Waals surface area (Å²) in [6, 6.07) is 21.6. The van der Waals surface area contributed by atoms with Crippen molar-refractivity contribution in [3.8, 4) is 28.0 Å². The quantitative estimate of drug-likeness (QED) is 0.487. The molecule has 3 aromatic carbocycles. The molecule has 1 heterocycles. The lowest BCUT2D eigenvalue weighted by atomic mass is 9.98. The second-order valence-corrected chi connectivity index (χ2v) is 6.11. The average molecular weight is 349 g/mol. The van der Waals surface area contributed by atoms with Gasteiger partial charge in [-0.25, -0.2) is 4.79 Å². The van der Waals surface area contributed by atoms with Gasteiger partial charge < -0.3 is 9.52 Å². The van der Waals surface area contributed by atoms with Crippen LogP contribution in [0.4, 0.5) is 0 Å². The van der Waals surface area contributed by atoms with Gasteiger partial charge in [0.25, 0.3) is 0 Å². The first kappa shape index (κ1) is 15.5. The SMILES string of the molecule is O=c1oc2cc(O)cc(-c3ccccc3)c2cc1-c1ccccc1Cl. The predicted octanol–water partition coefficient (Wildman–Crippen LogP) is 5.49. The van der Waals surface area contributed by atoms with Gasteiger partial charge in [-0.2, -0.15) is 0 Å². The van der Waals surface area contributed by atoms with E-state index in [0.29, 0.717) is 21.7 Å². The third kappa shape index (κ3) is 2.79. The molecule has 0 spiro atoms. The van der Waals surface area contributed by atoms with Gasteiger partial charge in [-0.3, -0.25) is 0 Å². The Hall–Kier alpha value is -3.04. The summed E-state index contributed by atoms with van der Waals surface area (Å²) < 4.78 is 5.47. The molecule has 0 amide bonds. The van der Waals surface area contributed by atoms with Crippen LogP contribution in [0.2, 0.25) is 5.02 Å². The van der Waals surface area contributed by atoms with Crippen LogP contribution in [0.15, 0.2) is 82.0 Å². The van der Waals surface area contributed by atoms with Gasteiger partial charge in [0.05, 0.1) is 5.56 Å². The van der Waals surface area contributed by atoms with Gasteiger partial charge in [-0.05, 0) is 29.3 Å². The molecule has 25 heavy (non-hydrogen) atoms. The van der Waals surface area contributed by atoms with E-state index in [4.69, 9.17) is 16.0 Å². The summed E-state index contributed by atoms with van der Waals surface area (Å²) in [5.41, 5.74) is 2.55. The second-order valence-electron chi connectivity index (χ2n) is 5.70. The van der Waals surface area contributed by atoms with E-state index in [1.165, 1.54) is 6.07 Å². The Morgan fingerprint density at radius 1 is 0.800 bits per heavy atom. The maximum Gasteiger partial charge on any atom is 0.344 e. The van der Waals surface area contributed by atoms with Gasteiger partial charge in [-0.15, -0.1) is 0 Å². The first-order valence-corrected chi connectivity index (χ1v) is 8.12. The Morgan fingerprint density at radius 3 is 2.28 bits per heavy atom. The van der Waals surface area contributed by atoms with Gasteiger partial charge in [0.2, 0.25) is 0 Å². The number of halogens is 1. The minimum atomic E-state index is -0.495. The fourth-order valence-electron chi connectivity index (χ4n) is 2.93. The summed E-state index contributed by atoms with van der Waals surface area (Å²) >= 11 is 6.24. The molecule has 3 nitrogen and oxygen atoms in total. The Balaban J connectivity index is 2.06. The average Bonchev–Trinajstić information content (AvgIpc) is 2.62. The van der Waals surface area contributed by atoms with Gasteiger partial charge in [0, 0.05) is 22.0 Å². The van der Waals surface area contributed by atoms with Crippen molar-refractivity contribution in [2.24, 2.45) is 0 Å². The third-order valence-corrected chi connectivity index (χ3v) is 4.42. The summed E-state index contributed by atoms with van der Waals surface area (Å²) in [7, 11) is 0. The standard InChI is InChI=1S/C21H13ClO3/c22-19-9-5-4-8-15(19)18-12-17-16(13-6-2-1-3-7-13)10-14(23)11-20(17)25-21(18)24/h1-12,23H. The Morgan fingerprint density at radius 2 is 1.52 bits per heavy atom. The van der Waals surface area contributed by atoms with E-state index in [-0.39, 0.29) is 5.75 Å². The van der Waals surface area contributed by atoms with Crippen molar-refractivity contribution < 1.29 is 9.52 Å². The zero-order valence-corrected chi connectivity index (χ0v) is 13.8. The van der Waals surface area contributed by atoms with Crippen LogP contribution in [0.1, 0.15) is 0 Å². The van der Waals surface area contributed by atoms with Crippen LogP contribution in [0.5, 0.6) is 5.75 Å². The minimum absolute atomic E-state index is 0.0417. The summed E-state index contributed by atoms with van der Waals surface area (Å²) in [6.45, 7) is 0. The van der Waals surface area contributed by atoms with E-state index in [9.17, 15) is 9.90 Å². The molecule has 0 unspecified atom stereocenters. The lowest BCUT2D eigenvalue weighted by Gasteiger charge is -2.10. The van der Waals surface area contributed by atoms with Crippen molar-refractivity contribution in [2.75, 3.05) is 0 Å². The van der Waals surface area contributed by atoms with Crippen LogP contribution in [-0.4, -0.2) is 5.11 Å². The van der Waals surface area contributed by atoms with Crippen LogP contribution in [0.3, 0.4) is 0 Å². The molecule has 4 rings (SSSR count). The highest BCUT2D eigenvalue weighted by Crippen LogP contribution is 2.35. The number of phenolic OH excluding ortho intramolecular Hbond substituents is 1. The summed E-state index contributed by atoms with van der Waals surface area (Å²) in [6.07, 6.45) is 0. The molecule has 4 aromatic rings. The van der Waals surface area contributed by atoms with Gasteiger partial charge >= 0.3 is 5.63 Å². The Kier molecular flexibility index (Phi) is 3.79. The predicted molar refractivity (Wildman–Crippen MR) is 100 cm³/mol. The van der Waals surface area contributed by atoms with Crippen molar-refractivity contribution >= 4 is 22.6 Å². The van der Waals surface area contributed by atoms with Crippen molar-refractivity contribution in [3.63, 3.8) is 0 Å². The highest BCUT2D eigenvalue weighted by Gasteiger charge is 2.14. The topological polar surface area (TPSA) is 50.4 Å². The number of hydrogen-bond acceptors (Lipinski definition) is 3. The van der Waals surface area contributed by atoms with E-state index in [0.717, 1.165) is 16.5 Å². The molecular formula is C21H13ClO3. The molecule has 0 fully saturated rings. The molecule has 0 bridgehead atoms. The zero-order valence-electron chi connectivity index (χ0n) is 13.1. The first-order valence-electron chi connectivity index (χ1n) is 7.75. The number of phenols is 1. The molecular weight excluding hydrogens is 336 g/mol. The number of aromatic hydroxyl groups is 1. The van der Waals surface area contributed by atoms with E-state index in [2.05, 4.69) is 0 Å². The Labute approximate surface area is 148 Å². The van der Waals surface area contributed by atoms with Gasteiger partial charge in [-0.1, -0.05) is 60.1 Å². The molecule has 4 heteroatoms. The van der Waals surface area contributed by atoms with Gasteiger partial charge in [0.15, 0.2) is 0 Å². The molecule has 0 aliphatic carbocycles. The zero-order chi connectivity index (χ0) is 17.4. The molecule has 1 N–H and O–H groups in total. The fourth-order valence-corrected chi connectivity index (χ4v) is 3.16. The summed E-state index contributed by atoms with van der Waals surface area (Å²) in [4.78, 5) is 12.4. The number of hydrogen-bond donors (Lipinski definition) is 1. The molecule has 0 aliphatic heterocycles. The van der Waals surface area contributed by atoms with Gasteiger partial charge in [0.1, 0.15) is 11.3 Å². The minimum Gasteiger partial charge on any atom is -0.508 e. The number of benzene rings is 3. The second kappa shape index (κ2) is 6.11. The molecule has 0 atom stereocenters. The van der Waals surface area contributed by atoms with Crippen molar-refractivity contribution in [1.82, 2.24) is 0 Å². The van der Waals surface area contributed by atoms with Crippen LogP contribution >= 0.6 is 11.6 Å². The smallest absolute Gasteiger partial charge is 0.344 e. The highest BCUT2D eigenvalue weighted by atomic mass is 35.5. The monoisotopic (exact) mass is 348 g/mol. The molecule has 122 valence electrons. The summed E-state index contributed by atoms with van der Waals surface area (Å²) in [5.74, 6) is 0.0417. The maximum absolute atomic E-state index is 12.4. The van der Waals surface area contributed by atoms with Crippen LogP contribution < -0.4 is 5.63 Å². The molecule has 0 saturated carbocycles. The van der Waals surface area contributed by atoms with Crippen molar-refractivity contribution in [1.29, 1.82) is 0 Å².